The van der Waals surface area contributed by atoms with Crippen molar-refractivity contribution in [1.29, 1.82) is 0 Å². The summed E-state index contributed by atoms with van der Waals surface area (Å²) in [5, 5.41) is 10.0. The Kier molecular flexibility index (Phi) is 4.55. The van der Waals surface area contributed by atoms with Crippen LogP contribution in [0.3, 0.4) is 0 Å². The minimum Gasteiger partial charge on any atom is -0.312 e. The highest BCUT2D eigenvalue weighted by molar-refractivity contribution is 7.09. The summed E-state index contributed by atoms with van der Waals surface area (Å²) in [4.78, 5) is 1.35. The van der Waals surface area contributed by atoms with Crippen LogP contribution in [0.15, 0.2) is 23.7 Å². The Labute approximate surface area is 113 Å². The first-order valence-electron chi connectivity index (χ1n) is 6.41. The van der Waals surface area contributed by atoms with Crippen LogP contribution < -0.4 is 5.32 Å². The maximum absolute atomic E-state index is 4.47. The Bertz CT molecular complexity index is 471. The Balaban J connectivity index is 1.95. The van der Waals surface area contributed by atoms with E-state index in [4.69, 9.17) is 0 Å². The van der Waals surface area contributed by atoms with Gasteiger partial charge in [0.25, 0.3) is 0 Å². The molecule has 0 aliphatic rings. The van der Waals surface area contributed by atoms with E-state index in [-0.39, 0.29) is 0 Å². The predicted octanol–water partition coefficient (Wildman–Crippen LogP) is 3.05. The standard InChI is InChI=1S/C14H21N3S/c1-11(2)7-15-8-13-9-16-17(12(13)3)10-14-5-4-6-18-14/h4-6,9,11,15H,7-8,10H2,1-3H3. The molecule has 4 heteroatoms. The van der Waals surface area contributed by atoms with Crippen LogP contribution in [0.4, 0.5) is 0 Å². The molecule has 98 valence electrons. The molecule has 0 aliphatic heterocycles. The Morgan fingerprint density at radius 1 is 1.44 bits per heavy atom. The lowest BCUT2D eigenvalue weighted by Crippen LogP contribution is -2.19. The van der Waals surface area contributed by atoms with E-state index >= 15 is 0 Å². The number of nitrogens with one attached hydrogen (secondary N) is 1. The van der Waals surface area contributed by atoms with Crippen LogP contribution in [0.2, 0.25) is 0 Å². The molecule has 0 spiro atoms. The molecule has 3 nitrogen and oxygen atoms in total. The molecule has 0 atom stereocenters. The van der Waals surface area contributed by atoms with Crippen molar-refractivity contribution in [2.75, 3.05) is 6.54 Å². The average Bonchev–Trinajstić information content (AvgIpc) is 2.93. The second kappa shape index (κ2) is 6.16. The molecule has 0 saturated carbocycles. The third kappa shape index (κ3) is 3.43. The van der Waals surface area contributed by atoms with E-state index in [0.717, 1.165) is 19.6 Å². The second-order valence-electron chi connectivity index (χ2n) is 5.02. The van der Waals surface area contributed by atoms with Gasteiger partial charge in [0.1, 0.15) is 0 Å². The van der Waals surface area contributed by atoms with Crippen LogP contribution in [0.1, 0.15) is 30.0 Å². The van der Waals surface area contributed by atoms with E-state index in [1.165, 1.54) is 16.1 Å². The number of rotatable bonds is 6. The maximum Gasteiger partial charge on any atom is 0.0755 e. The van der Waals surface area contributed by atoms with E-state index in [0.29, 0.717) is 5.92 Å². The van der Waals surface area contributed by atoms with Gasteiger partial charge < -0.3 is 5.32 Å². The smallest absolute Gasteiger partial charge is 0.0755 e. The molecule has 0 aromatic carbocycles. The zero-order valence-electron chi connectivity index (χ0n) is 11.3. The van der Waals surface area contributed by atoms with E-state index in [1.807, 2.05) is 6.20 Å². The molecule has 0 fully saturated rings. The molecule has 0 saturated heterocycles. The van der Waals surface area contributed by atoms with E-state index in [9.17, 15) is 0 Å². The third-order valence-corrected chi connectivity index (χ3v) is 3.82. The van der Waals surface area contributed by atoms with Gasteiger partial charge in [-0.25, -0.2) is 0 Å². The largest absolute Gasteiger partial charge is 0.312 e. The first-order chi connectivity index (χ1) is 8.66. The molecule has 18 heavy (non-hydrogen) atoms. The van der Waals surface area contributed by atoms with Gasteiger partial charge in [-0.05, 0) is 30.8 Å². The third-order valence-electron chi connectivity index (χ3n) is 2.96. The highest BCUT2D eigenvalue weighted by atomic mass is 32.1. The molecule has 2 aromatic heterocycles. The summed E-state index contributed by atoms with van der Waals surface area (Å²) < 4.78 is 2.08. The van der Waals surface area contributed by atoms with Gasteiger partial charge >= 0.3 is 0 Å². The van der Waals surface area contributed by atoms with Gasteiger partial charge in [-0.15, -0.1) is 11.3 Å². The van der Waals surface area contributed by atoms with Crippen molar-refractivity contribution < 1.29 is 0 Å². The van der Waals surface area contributed by atoms with Gasteiger partial charge in [-0.2, -0.15) is 5.10 Å². The lowest BCUT2D eigenvalue weighted by Gasteiger charge is -2.07. The van der Waals surface area contributed by atoms with Crippen LogP contribution in [0.5, 0.6) is 0 Å². The number of hydrogen-bond donors (Lipinski definition) is 1. The van der Waals surface area contributed by atoms with E-state index in [2.05, 4.69) is 53.4 Å². The zero-order chi connectivity index (χ0) is 13.0. The van der Waals surface area contributed by atoms with Crippen molar-refractivity contribution in [3.63, 3.8) is 0 Å². The summed E-state index contributed by atoms with van der Waals surface area (Å²) in [6.45, 7) is 9.44. The van der Waals surface area contributed by atoms with Gasteiger partial charge in [-0.1, -0.05) is 19.9 Å². The van der Waals surface area contributed by atoms with Crippen LogP contribution in [0, 0.1) is 12.8 Å². The normalized spacial score (nSPS) is 11.3. The molecule has 2 aromatic rings. The van der Waals surface area contributed by atoms with Crippen molar-refractivity contribution in [3.8, 4) is 0 Å². The summed E-state index contributed by atoms with van der Waals surface area (Å²) in [6.07, 6.45) is 1.98. The quantitative estimate of drug-likeness (QED) is 0.868. The van der Waals surface area contributed by atoms with Crippen LogP contribution in [-0.4, -0.2) is 16.3 Å². The molecule has 2 heterocycles. The topological polar surface area (TPSA) is 29.9 Å². The van der Waals surface area contributed by atoms with Crippen molar-refractivity contribution in [3.05, 3.63) is 39.8 Å². The van der Waals surface area contributed by atoms with Crippen molar-refractivity contribution in [1.82, 2.24) is 15.1 Å². The van der Waals surface area contributed by atoms with Gasteiger partial charge in [0, 0.05) is 22.7 Å². The number of aromatic nitrogens is 2. The maximum atomic E-state index is 4.47. The Morgan fingerprint density at radius 3 is 2.94 bits per heavy atom. The molecule has 0 bridgehead atoms. The first kappa shape index (κ1) is 13.3. The van der Waals surface area contributed by atoms with Gasteiger partial charge in [0.2, 0.25) is 0 Å². The van der Waals surface area contributed by atoms with E-state index < -0.39 is 0 Å². The van der Waals surface area contributed by atoms with Crippen LogP contribution in [0.25, 0.3) is 0 Å². The van der Waals surface area contributed by atoms with Gasteiger partial charge in [0.15, 0.2) is 0 Å². The summed E-state index contributed by atoms with van der Waals surface area (Å²) in [5.41, 5.74) is 2.56. The van der Waals surface area contributed by atoms with E-state index in [1.54, 1.807) is 11.3 Å². The fourth-order valence-electron chi connectivity index (χ4n) is 1.86. The van der Waals surface area contributed by atoms with Crippen molar-refractivity contribution >= 4 is 11.3 Å². The van der Waals surface area contributed by atoms with Gasteiger partial charge in [-0.3, -0.25) is 4.68 Å². The summed E-state index contributed by atoms with van der Waals surface area (Å²) >= 11 is 1.78. The number of thiophene rings is 1. The molecule has 0 aliphatic carbocycles. The number of hydrogen-bond acceptors (Lipinski definition) is 3. The van der Waals surface area contributed by atoms with Crippen molar-refractivity contribution in [2.45, 2.75) is 33.9 Å². The fourth-order valence-corrected chi connectivity index (χ4v) is 2.55. The first-order valence-corrected chi connectivity index (χ1v) is 7.29. The Morgan fingerprint density at radius 2 is 2.28 bits per heavy atom. The highest BCUT2D eigenvalue weighted by Gasteiger charge is 2.07. The summed E-state index contributed by atoms with van der Waals surface area (Å²) in [5.74, 6) is 0.687. The molecule has 0 radical (unpaired) electrons. The Hall–Kier alpha value is -1.13. The van der Waals surface area contributed by atoms with Crippen LogP contribution in [-0.2, 0) is 13.1 Å². The van der Waals surface area contributed by atoms with Crippen molar-refractivity contribution in [2.24, 2.45) is 5.92 Å². The molecular weight excluding hydrogens is 242 g/mol. The monoisotopic (exact) mass is 263 g/mol. The average molecular weight is 263 g/mol. The van der Waals surface area contributed by atoms with Crippen LogP contribution >= 0.6 is 11.3 Å². The lowest BCUT2D eigenvalue weighted by molar-refractivity contribution is 0.551. The fraction of sp³-hybridized carbons (Fsp3) is 0.500. The minimum atomic E-state index is 0.687. The summed E-state index contributed by atoms with van der Waals surface area (Å²) in [7, 11) is 0. The predicted molar refractivity (Wildman–Crippen MR) is 76.9 cm³/mol. The molecule has 0 unspecified atom stereocenters. The highest BCUT2D eigenvalue weighted by Crippen LogP contribution is 2.13. The lowest BCUT2D eigenvalue weighted by atomic mass is 10.2. The number of nitrogens with zero attached hydrogens (tertiary/aromatic N) is 2. The molecule has 0 amide bonds. The summed E-state index contributed by atoms with van der Waals surface area (Å²) in [6, 6.07) is 4.24. The second-order valence-corrected chi connectivity index (χ2v) is 6.05. The SMILES string of the molecule is Cc1c(CNCC(C)C)cnn1Cc1cccs1. The molecule has 1 N–H and O–H groups in total. The molecule has 2 rings (SSSR count). The zero-order valence-corrected chi connectivity index (χ0v) is 12.1. The van der Waals surface area contributed by atoms with Gasteiger partial charge in [0.05, 0.1) is 12.7 Å². The minimum absolute atomic E-state index is 0.687. The molecular formula is C14H21N3S.